The van der Waals surface area contributed by atoms with Crippen molar-refractivity contribution in [3.63, 3.8) is 0 Å². The number of nitrogen functional groups attached to an aromatic ring is 1. The first-order valence-electron chi connectivity index (χ1n) is 8.19. The molecule has 0 atom stereocenters. The van der Waals surface area contributed by atoms with Crippen LogP contribution in [0.25, 0.3) is 0 Å². The van der Waals surface area contributed by atoms with Gasteiger partial charge in [-0.3, -0.25) is 4.90 Å². The van der Waals surface area contributed by atoms with Crippen LogP contribution in [0.3, 0.4) is 0 Å². The quantitative estimate of drug-likeness (QED) is 0.867. The summed E-state index contributed by atoms with van der Waals surface area (Å²) in [5.41, 5.74) is 8.08. The molecule has 0 aliphatic carbocycles. The van der Waals surface area contributed by atoms with E-state index in [1.54, 1.807) is 0 Å². The van der Waals surface area contributed by atoms with E-state index >= 15 is 0 Å². The van der Waals surface area contributed by atoms with Gasteiger partial charge >= 0.3 is 0 Å². The minimum absolute atomic E-state index is 0.723. The van der Waals surface area contributed by atoms with Crippen molar-refractivity contribution in [1.82, 2.24) is 9.80 Å². The lowest BCUT2D eigenvalue weighted by atomic mass is 9.96. The number of piperidine rings is 1. The predicted octanol–water partition coefficient (Wildman–Crippen LogP) is 3.23. The summed E-state index contributed by atoms with van der Waals surface area (Å²) in [6.45, 7) is 7.31. The summed E-state index contributed by atoms with van der Waals surface area (Å²) in [7, 11) is 0. The van der Waals surface area contributed by atoms with Gasteiger partial charge < -0.3 is 10.6 Å². The minimum atomic E-state index is 0.723. The SMILES string of the molecule is Nc1cc(Cl)ccc1CN1CCC(CN2CCCC2)CC1. The van der Waals surface area contributed by atoms with E-state index in [1.165, 1.54) is 64.0 Å². The zero-order valence-corrected chi connectivity index (χ0v) is 13.5. The average molecular weight is 308 g/mol. The largest absolute Gasteiger partial charge is 0.398 e. The maximum absolute atomic E-state index is 6.06. The van der Waals surface area contributed by atoms with Crippen LogP contribution in [0.2, 0.25) is 5.02 Å². The zero-order valence-electron chi connectivity index (χ0n) is 12.7. The topological polar surface area (TPSA) is 32.5 Å². The van der Waals surface area contributed by atoms with Crippen molar-refractivity contribution in [3.8, 4) is 0 Å². The molecule has 2 N–H and O–H groups in total. The molecule has 2 heterocycles. The van der Waals surface area contributed by atoms with Crippen LogP contribution in [0.5, 0.6) is 0 Å². The fourth-order valence-electron chi connectivity index (χ4n) is 3.61. The first kappa shape index (κ1) is 15.1. The Morgan fingerprint density at radius 2 is 1.76 bits per heavy atom. The van der Waals surface area contributed by atoms with Gasteiger partial charge in [-0.2, -0.15) is 0 Å². The van der Waals surface area contributed by atoms with E-state index in [4.69, 9.17) is 17.3 Å². The molecule has 2 aliphatic heterocycles. The van der Waals surface area contributed by atoms with Gasteiger partial charge in [0, 0.05) is 23.8 Å². The van der Waals surface area contributed by atoms with Gasteiger partial charge in [0.25, 0.3) is 0 Å². The summed E-state index contributed by atoms with van der Waals surface area (Å²) >= 11 is 5.96. The molecule has 0 spiro atoms. The standard InChI is InChI=1S/C17H26ClN3/c18-16-4-3-15(17(19)11-16)13-21-9-5-14(6-10-21)12-20-7-1-2-8-20/h3-4,11,14H,1-2,5-10,12-13,19H2. The number of anilines is 1. The molecule has 1 aromatic rings. The first-order chi connectivity index (χ1) is 10.2. The first-order valence-corrected chi connectivity index (χ1v) is 8.57. The van der Waals surface area contributed by atoms with Gasteiger partial charge in [-0.25, -0.2) is 0 Å². The molecule has 2 aliphatic rings. The lowest BCUT2D eigenvalue weighted by Crippen LogP contribution is -2.37. The highest BCUT2D eigenvalue weighted by Crippen LogP contribution is 2.24. The summed E-state index contributed by atoms with van der Waals surface area (Å²) in [6.07, 6.45) is 5.44. The molecule has 4 heteroatoms. The number of rotatable bonds is 4. The van der Waals surface area contributed by atoms with E-state index in [1.807, 2.05) is 12.1 Å². The molecule has 1 aromatic carbocycles. The van der Waals surface area contributed by atoms with Crippen LogP contribution in [-0.4, -0.2) is 42.5 Å². The Hall–Kier alpha value is -0.770. The molecule has 21 heavy (non-hydrogen) atoms. The minimum Gasteiger partial charge on any atom is -0.398 e. The van der Waals surface area contributed by atoms with Crippen molar-refractivity contribution in [2.24, 2.45) is 5.92 Å². The highest BCUT2D eigenvalue weighted by Gasteiger charge is 2.23. The highest BCUT2D eigenvalue weighted by atomic mass is 35.5. The molecule has 0 unspecified atom stereocenters. The van der Waals surface area contributed by atoms with Crippen molar-refractivity contribution in [3.05, 3.63) is 28.8 Å². The number of halogens is 1. The third-order valence-electron chi connectivity index (χ3n) is 4.92. The number of likely N-dealkylation sites (tertiary alicyclic amines) is 2. The second-order valence-corrected chi connectivity index (χ2v) is 7.01. The zero-order chi connectivity index (χ0) is 14.7. The molecule has 3 rings (SSSR count). The molecule has 0 radical (unpaired) electrons. The predicted molar refractivity (Wildman–Crippen MR) is 89.5 cm³/mol. The molecular formula is C17H26ClN3. The second-order valence-electron chi connectivity index (χ2n) is 6.57. The van der Waals surface area contributed by atoms with Crippen LogP contribution in [-0.2, 0) is 6.54 Å². The lowest BCUT2D eigenvalue weighted by molar-refractivity contribution is 0.149. The van der Waals surface area contributed by atoms with E-state index in [2.05, 4.69) is 15.9 Å². The van der Waals surface area contributed by atoms with Gasteiger partial charge in [0.15, 0.2) is 0 Å². The van der Waals surface area contributed by atoms with Crippen LogP contribution in [0.4, 0.5) is 5.69 Å². The van der Waals surface area contributed by atoms with E-state index in [-0.39, 0.29) is 0 Å². The normalized spacial score (nSPS) is 22.0. The number of benzene rings is 1. The third kappa shape index (κ3) is 4.12. The van der Waals surface area contributed by atoms with Gasteiger partial charge in [0.2, 0.25) is 0 Å². The Morgan fingerprint density at radius 3 is 2.43 bits per heavy atom. The van der Waals surface area contributed by atoms with Crippen LogP contribution >= 0.6 is 11.6 Å². The maximum Gasteiger partial charge on any atom is 0.0426 e. The molecular weight excluding hydrogens is 282 g/mol. The number of nitrogens with two attached hydrogens (primary N) is 1. The third-order valence-corrected chi connectivity index (χ3v) is 5.16. The van der Waals surface area contributed by atoms with E-state index in [0.717, 1.165) is 23.2 Å². The van der Waals surface area contributed by atoms with Crippen molar-refractivity contribution >= 4 is 17.3 Å². The Bertz CT molecular complexity index is 463. The van der Waals surface area contributed by atoms with Gasteiger partial charge in [0.1, 0.15) is 0 Å². The lowest BCUT2D eigenvalue weighted by Gasteiger charge is -2.34. The van der Waals surface area contributed by atoms with Gasteiger partial charge in [-0.1, -0.05) is 17.7 Å². The molecule has 0 bridgehead atoms. The van der Waals surface area contributed by atoms with Gasteiger partial charge in [-0.15, -0.1) is 0 Å². The summed E-state index contributed by atoms with van der Waals surface area (Å²) in [6, 6.07) is 5.86. The Kier molecular flexibility index (Phi) is 5.04. The monoisotopic (exact) mass is 307 g/mol. The molecule has 0 saturated carbocycles. The summed E-state index contributed by atoms with van der Waals surface area (Å²) < 4.78 is 0. The fraction of sp³-hybridized carbons (Fsp3) is 0.647. The molecule has 0 aromatic heterocycles. The number of hydrogen-bond donors (Lipinski definition) is 1. The number of nitrogens with zero attached hydrogens (tertiary/aromatic N) is 2. The maximum atomic E-state index is 6.06. The Morgan fingerprint density at radius 1 is 1.05 bits per heavy atom. The number of hydrogen-bond acceptors (Lipinski definition) is 3. The van der Waals surface area contributed by atoms with Crippen molar-refractivity contribution in [1.29, 1.82) is 0 Å². The van der Waals surface area contributed by atoms with Crippen LogP contribution in [0.15, 0.2) is 18.2 Å². The molecule has 3 nitrogen and oxygen atoms in total. The smallest absolute Gasteiger partial charge is 0.0426 e. The fourth-order valence-corrected chi connectivity index (χ4v) is 3.79. The molecule has 2 fully saturated rings. The van der Waals surface area contributed by atoms with Crippen molar-refractivity contribution < 1.29 is 0 Å². The second kappa shape index (κ2) is 6.99. The van der Waals surface area contributed by atoms with E-state index < -0.39 is 0 Å². The van der Waals surface area contributed by atoms with Gasteiger partial charge in [0.05, 0.1) is 0 Å². The van der Waals surface area contributed by atoms with E-state index in [9.17, 15) is 0 Å². The summed E-state index contributed by atoms with van der Waals surface area (Å²) in [5, 5.41) is 0.723. The average Bonchev–Trinajstić information content (AvgIpc) is 2.97. The summed E-state index contributed by atoms with van der Waals surface area (Å²) in [4.78, 5) is 5.18. The van der Waals surface area contributed by atoms with Crippen molar-refractivity contribution in [2.45, 2.75) is 32.2 Å². The van der Waals surface area contributed by atoms with E-state index in [0.29, 0.717) is 0 Å². The van der Waals surface area contributed by atoms with Gasteiger partial charge in [-0.05, 0) is 75.5 Å². The van der Waals surface area contributed by atoms with Crippen LogP contribution in [0.1, 0.15) is 31.2 Å². The highest BCUT2D eigenvalue weighted by molar-refractivity contribution is 6.30. The molecule has 0 amide bonds. The summed E-state index contributed by atoms with van der Waals surface area (Å²) in [5.74, 6) is 0.891. The van der Waals surface area contributed by atoms with Crippen LogP contribution < -0.4 is 5.73 Å². The van der Waals surface area contributed by atoms with Crippen molar-refractivity contribution in [2.75, 3.05) is 38.5 Å². The molecule has 2 saturated heterocycles. The molecule has 116 valence electrons. The Labute approximate surface area is 133 Å². The Balaban J connectivity index is 1.46. The van der Waals surface area contributed by atoms with Crippen LogP contribution in [0, 0.1) is 5.92 Å².